The first kappa shape index (κ1) is 24.9. The average Bonchev–Trinajstić information content (AvgIpc) is 3.10. The van der Waals surface area contributed by atoms with Crippen molar-refractivity contribution in [3.63, 3.8) is 0 Å². The molecule has 0 aliphatic carbocycles. The molecule has 8 heteroatoms. The molecule has 1 heterocycles. The van der Waals surface area contributed by atoms with E-state index in [0.29, 0.717) is 13.0 Å². The van der Waals surface area contributed by atoms with Gasteiger partial charge in [-0.3, -0.25) is 0 Å². The molecule has 1 aromatic rings. The van der Waals surface area contributed by atoms with Crippen molar-refractivity contribution in [3.05, 3.63) is 35.6 Å². The number of halogens is 1. The second kappa shape index (κ2) is 12.5. The fraction of sp³-hybridized carbons (Fsp3) is 0.579. The maximum atomic E-state index is 12.9. The summed E-state index contributed by atoms with van der Waals surface area (Å²) in [6.45, 7) is 5.32. The van der Waals surface area contributed by atoms with Gasteiger partial charge in [0.2, 0.25) is 0 Å². The Labute approximate surface area is 193 Å². The number of likely N-dealkylation sites (N-methyl/N-ethyl adjacent to an activating group) is 1. The molecular weight excluding hydrogens is 738 g/mol. The summed E-state index contributed by atoms with van der Waals surface area (Å²) >= 11 is 1.58. The molecule has 1 aliphatic rings. The molecule has 0 aromatic heterocycles. The molecule has 1 aliphatic heterocycles. The average molecular weight is 765 g/mol. The molecule has 1 amide bonds. The van der Waals surface area contributed by atoms with Gasteiger partial charge in [0.05, 0.1) is 0 Å². The molecule has 27 heavy (non-hydrogen) atoms. The van der Waals surface area contributed by atoms with Crippen molar-refractivity contribution in [1.82, 2.24) is 9.80 Å². The molecule has 2 unspecified atom stereocenters. The Balaban J connectivity index is 0.00000176. The molecule has 0 spiro atoms. The topological polar surface area (TPSA) is 60.9 Å². The van der Waals surface area contributed by atoms with Crippen molar-refractivity contribution in [1.29, 1.82) is 0 Å². The normalized spacial score (nSPS) is 19.2. The van der Waals surface area contributed by atoms with Crippen LogP contribution >= 0.6 is 0 Å². The van der Waals surface area contributed by atoms with Gasteiger partial charge in [-0.25, -0.2) is 4.39 Å². The van der Waals surface area contributed by atoms with E-state index in [0.717, 1.165) is 76.5 Å². The summed E-state index contributed by atoms with van der Waals surface area (Å²) in [5.74, 6) is -1.11. The molecule has 1 aromatic carbocycles. The molecule has 1 fully saturated rings. The van der Waals surface area contributed by atoms with Gasteiger partial charge in [-0.2, -0.15) is 0 Å². The van der Waals surface area contributed by atoms with Crippen LogP contribution in [0.1, 0.15) is 32.3 Å². The Bertz CT molecular complexity index is 613. The van der Waals surface area contributed by atoms with Crippen molar-refractivity contribution in [2.45, 2.75) is 46.2 Å². The van der Waals surface area contributed by atoms with Crippen LogP contribution in [0.4, 0.5) is 4.39 Å². The second-order valence-electron chi connectivity index (χ2n) is 6.38. The van der Waals surface area contributed by atoms with Gasteiger partial charge < -0.3 is 0 Å². The van der Waals surface area contributed by atoms with Crippen LogP contribution in [0, 0.1) is 5.82 Å². The predicted molar refractivity (Wildman–Crippen MR) is 105 cm³/mol. The van der Waals surface area contributed by atoms with Gasteiger partial charge in [-0.1, -0.05) is 13.8 Å². The van der Waals surface area contributed by atoms with Crippen LogP contribution in [0.3, 0.4) is 0 Å². The summed E-state index contributed by atoms with van der Waals surface area (Å²) < 4.78 is 13.0. The number of likely N-dealkylation sites (tertiary alicyclic amines) is 1. The Morgan fingerprint density at radius 3 is 2.41 bits per heavy atom. The van der Waals surface area contributed by atoms with E-state index >= 15 is 0 Å². The molecule has 6 radical (unpaired) electrons. The van der Waals surface area contributed by atoms with Gasteiger partial charge in [0.15, 0.2) is 0 Å². The van der Waals surface area contributed by atoms with Gasteiger partial charge in [-0.15, -0.1) is 0 Å². The molecule has 0 bridgehead atoms. The fourth-order valence-corrected chi connectivity index (χ4v) is 4.43. The van der Waals surface area contributed by atoms with E-state index in [4.69, 9.17) is 0 Å². The molecule has 1 saturated heterocycles. The third-order valence-corrected chi connectivity index (χ3v) is 6.53. The van der Waals surface area contributed by atoms with E-state index in [-0.39, 0.29) is 18.8 Å². The molecule has 5 nitrogen and oxygen atoms in total. The van der Waals surface area contributed by atoms with Crippen molar-refractivity contribution in [2.75, 3.05) is 20.1 Å². The van der Waals surface area contributed by atoms with Crippen LogP contribution in [-0.4, -0.2) is 111 Å². The Hall–Kier alpha value is -0.106. The summed E-state index contributed by atoms with van der Waals surface area (Å²) in [5.41, 5.74) is 1.09. The Morgan fingerprint density at radius 1 is 1.30 bits per heavy atom. The first-order valence-electron chi connectivity index (χ1n) is 9.19. The summed E-state index contributed by atoms with van der Waals surface area (Å²) in [6.07, 6.45) is 2.25. The number of nitrogens with zero attached hydrogens (tertiary/aromatic N) is 2. The number of hydrogen-bond donors (Lipinski definition) is 1. The minimum absolute atomic E-state index is 0.0212. The van der Waals surface area contributed by atoms with Crippen molar-refractivity contribution >= 4 is 63.4 Å². The number of amides is 1. The van der Waals surface area contributed by atoms with Gasteiger partial charge in [0.1, 0.15) is 5.82 Å². The van der Waals surface area contributed by atoms with Crippen molar-refractivity contribution < 1.29 is 19.1 Å². The van der Waals surface area contributed by atoms with Crippen molar-refractivity contribution in [2.24, 2.45) is 0 Å². The molecular formula is C19H27FN2O3Pb2. The third kappa shape index (κ3) is 7.67. The van der Waals surface area contributed by atoms with Gasteiger partial charge >= 0.3 is 170 Å². The van der Waals surface area contributed by atoms with Gasteiger partial charge in [0.25, 0.3) is 0 Å². The van der Waals surface area contributed by atoms with Crippen LogP contribution in [0.15, 0.2) is 24.3 Å². The fourth-order valence-electron chi connectivity index (χ4n) is 3.14. The predicted octanol–water partition coefficient (Wildman–Crippen LogP) is 1.85. The van der Waals surface area contributed by atoms with Crippen LogP contribution in [-0.2, 0) is 16.0 Å². The second-order valence-corrected chi connectivity index (χ2v) is 19.6. The van der Waals surface area contributed by atoms with Crippen LogP contribution in [0.5, 0.6) is 0 Å². The first-order chi connectivity index (χ1) is 12.8. The molecule has 2 atom stereocenters. The summed E-state index contributed by atoms with van der Waals surface area (Å²) in [6, 6.07) is 5.91. The van der Waals surface area contributed by atoms with Gasteiger partial charge in [0, 0.05) is 0 Å². The molecule has 2 rings (SSSR count). The van der Waals surface area contributed by atoms with E-state index in [2.05, 4.69) is 4.90 Å². The Morgan fingerprint density at radius 2 is 1.89 bits per heavy atom. The quantitative estimate of drug-likeness (QED) is 0.432. The number of aryl methyl sites for hydroxylation is 1. The number of carboxylic acids is 1. The van der Waals surface area contributed by atoms with Crippen LogP contribution in [0.2, 0.25) is 1.04 Å². The van der Waals surface area contributed by atoms with E-state index in [1.54, 1.807) is 17.0 Å². The summed E-state index contributed by atoms with van der Waals surface area (Å²) in [7, 11) is 1.99. The number of benzene rings is 1. The summed E-state index contributed by atoms with van der Waals surface area (Å²) in [4.78, 5) is 27.6. The molecule has 1 N–H and O–H groups in total. The van der Waals surface area contributed by atoms with E-state index < -0.39 is 12.0 Å². The van der Waals surface area contributed by atoms with Crippen molar-refractivity contribution in [3.8, 4) is 0 Å². The number of carbonyl (C=O) groups is 2. The van der Waals surface area contributed by atoms with E-state index in [1.165, 1.54) is 12.1 Å². The molecule has 146 valence electrons. The maximum absolute atomic E-state index is 12.9. The van der Waals surface area contributed by atoms with E-state index in [9.17, 15) is 19.1 Å². The first-order valence-corrected chi connectivity index (χ1v) is 13.7. The number of carbonyl (C=O) groups excluding carboxylic acids is 1. The zero-order valence-electron chi connectivity index (χ0n) is 16.1. The number of rotatable bonds is 7. The van der Waals surface area contributed by atoms with Gasteiger partial charge in [-0.05, 0) is 0 Å². The van der Waals surface area contributed by atoms with Crippen LogP contribution < -0.4 is 0 Å². The standard InChI is InChI=1S/C17H21FN2O3.C2H6.2Pb/c1-12(21)20-11-15(10-16(20)17(22)23)19(2)9-3-4-13-5-7-14(18)8-6-13;1-2;;/h1,5-8,15-16H,3-4,9-11H2,2H3,(H,22,23);1-2H3;;. The summed E-state index contributed by atoms with van der Waals surface area (Å²) in [5, 5.41) is 9.44. The van der Waals surface area contributed by atoms with E-state index in [1.807, 2.05) is 20.9 Å². The number of carboxylic acid groups (broad SMARTS) is 1. The minimum atomic E-state index is -0.903. The zero-order valence-corrected chi connectivity index (χ0v) is 23.9. The zero-order chi connectivity index (χ0) is 20.6. The number of aliphatic carboxylic acids is 1. The Kier molecular flexibility index (Phi) is 11.5. The molecule has 0 saturated carbocycles. The SMILES string of the molecule is CC.CN(CCCc1ccc(F)cc1)C1CC(C(=O)O)N(C(=O)[CH]([Pb])[Pb])C1. The third-order valence-electron chi connectivity index (χ3n) is 4.61. The number of hydrogen-bond acceptors (Lipinski definition) is 3. The van der Waals surface area contributed by atoms with Crippen LogP contribution in [0.25, 0.3) is 0 Å². The monoisotopic (exact) mass is 766 g/mol.